The first-order chi connectivity index (χ1) is 14.2. The van der Waals surface area contributed by atoms with Crippen molar-refractivity contribution in [3.05, 3.63) is 0 Å². The maximum Gasteiger partial charge on any atom is 2.00 e. The van der Waals surface area contributed by atoms with Crippen LogP contribution in [0, 0.1) is 17.8 Å². The van der Waals surface area contributed by atoms with E-state index < -0.39 is 17.9 Å². The molecule has 180 valence electrons. The van der Waals surface area contributed by atoms with E-state index in [1.54, 1.807) is 0 Å². The number of rotatable bonds is 15. The second kappa shape index (κ2) is 28.0. The predicted octanol–water partition coefficient (Wildman–Crippen LogP) is 3.81. The Morgan fingerprint density at radius 3 is 1.03 bits per heavy atom. The summed E-state index contributed by atoms with van der Waals surface area (Å²) in [5.74, 6) is -2.98. The molecule has 0 radical (unpaired) electrons. The summed E-state index contributed by atoms with van der Waals surface area (Å²) in [6, 6.07) is 0. The third-order valence-electron chi connectivity index (χ3n) is 5.21. The number of unbranched alkanes of at least 4 members (excludes halogenated alkanes) is 3. The Morgan fingerprint density at radius 1 is 0.613 bits per heavy atom. The Kier molecular flexibility index (Phi) is 34.6. The summed E-state index contributed by atoms with van der Waals surface area (Å²) in [6.45, 7) is 11.9. The molecule has 0 aliphatic carbocycles. The zero-order valence-corrected chi connectivity index (χ0v) is 25.4. The Bertz CT molecular complexity index is 366. The third-order valence-corrected chi connectivity index (χ3v) is 5.21. The van der Waals surface area contributed by atoms with Crippen LogP contribution in [-0.4, -0.2) is 71.9 Å². The first kappa shape index (κ1) is 38.3. The molecule has 0 aliphatic rings. The van der Waals surface area contributed by atoms with Crippen molar-refractivity contribution in [3.8, 4) is 0 Å². The second-order valence-corrected chi connectivity index (χ2v) is 7.72. The Hall–Kier alpha value is -0.0186. The molecular weight excluding hydrogens is 522 g/mol. The molecule has 0 rings (SSSR count). The van der Waals surface area contributed by atoms with E-state index in [1.165, 1.54) is 0 Å². The van der Waals surface area contributed by atoms with E-state index in [9.17, 15) is 24.6 Å². The first-order valence-electron chi connectivity index (χ1n) is 11.8. The number of aliphatic carboxylic acids is 3. The van der Waals surface area contributed by atoms with Gasteiger partial charge in [0.05, 0.1) is 5.92 Å². The van der Waals surface area contributed by atoms with Crippen LogP contribution in [0.25, 0.3) is 0 Å². The molecule has 0 aromatic heterocycles. The number of carboxylic acids is 3. The van der Waals surface area contributed by atoms with E-state index in [1.807, 2.05) is 20.8 Å². The summed E-state index contributed by atoms with van der Waals surface area (Å²) in [5, 5.41) is 29.3. The van der Waals surface area contributed by atoms with E-state index >= 15 is 0 Å². The number of carbonyl (C=O) groups excluding carboxylic acids is 2. The summed E-state index contributed by atoms with van der Waals surface area (Å²) >= 11 is 0. The molecule has 3 unspecified atom stereocenters. The van der Waals surface area contributed by atoms with E-state index in [4.69, 9.17) is 5.11 Å². The van der Waals surface area contributed by atoms with Crippen molar-refractivity contribution in [1.29, 1.82) is 0 Å². The maximum atomic E-state index is 10.4. The third kappa shape index (κ3) is 26.1. The molecule has 0 aromatic rings. The zero-order valence-electron chi connectivity index (χ0n) is 20.9. The molecule has 0 aliphatic heterocycles. The molecule has 0 aromatic carbocycles. The molecular formula is C24H46BaO6. The van der Waals surface area contributed by atoms with Gasteiger partial charge in [-0.25, -0.2) is 0 Å². The van der Waals surface area contributed by atoms with E-state index in [-0.39, 0.29) is 66.6 Å². The van der Waals surface area contributed by atoms with Gasteiger partial charge in [-0.15, -0.1) is 0 Å². The molecule has 0 heterocycles. The van der Waals surface area contributed by atoms with Crippen LogP contribution in [0.3, 0.4) is 0 Å². The van der Waals surface area contributed by atoms with Crippen LogP contribution >= 0.6 is 0 Å². The molecule has 6 nitrogen and oxygen atoms in total. The largest absolute Gasteiger partial charge is 2.00 e. The molecule has 0 saturated heterocycles. The van der Waals surface area contributed by atoms with Crippen molar-refractivity contribution in [2.24, 2.45) is 17.8 Å². The molecule has 0 amide bonds. The molecule has 3 atom stereocenters. The Balaban J connectivity index is -0.000000174. The number of hydrogen-bond donors (Lipinski definition) is 1. The maximum absolute atomic E-state index is 10.4. The van der Waals surface area contributed by atoms with Gasteiger partial charge in [0.25, 0.3) is 0 Å². The minimum atomic E-state index is -0.893. The fraction of sp³-hybridized carbons (Fsp3) is 0.875. The van der Waals surface area contributed by atoms with E-state index in [0.29, 0.717) is 12.8 Å². The number of hydrogen-bond acceptors (Lipinski definition) is 5. The van der Waals surface area contributed by atoms with Gasteiger partial charge in [0.2, 0.25) is 0 Å². The standard InChI is InChI=1S/3C8H16O2.Ba/c3*1-3-5-6-7(4-2)8(9)10;/h3*7H,3-6H2,1-2H3,(H,9,10);/q;;;+2/p-2. The van der Waals surface area contributed by atoms with E-state index in [0.717, 1.165) is 64.2 Å². The normalized spacial score (nSPS) is 12.6. The molecule has 1 N–H and O–H groups in total. The minimum absolute atomic E-state index is 0. The number of carboxylic acid groups (broad SMARTS) is 3. The van der Waals surface area contributed by atoms with Gasteiger partial charge in [0.15, 0.2) is 0 Å². The van der Waals surface area contributed by atoms with Crippen LogP contribution in [0.15, 0.2) is 0 Å². The summed E-state index contributed by atoms with van der Waals surface area (Å²) < 4.78 is 0. The molecule has 0 bridgehead atoms. The van der Waals surface area contributed by atoms with Crippen molar-refractivity contribution in [1.82, 2.24) is 0 Å². The Labute approximate surface area is 231 Å². The van der Waals surface area contributed by atoms with Crippen LogP contribution < -0.4 is 10.2 Å². The SMILES string of the molecule is CCCCC(CC)C(=O)O.CCCCC(CC)C(=O)[O-].CCCCC(CC)C(=O)[O-].[Ba+2]. The zero-order chi connectivity index (χ0) is 23.9. The van der Waals surface area contributed by atoms with Crippen molar-refractivity contribution >= 4 is 66.8 Å². The summed E-state index contributed by atoms with van der Waals surface area (Å²) in [5.41, 5.74) is 0. The van der Waals surface area contributed by atoms with Crippen LogP contribution in [0.5, 0.6) is 0 Å². The smallest absolute Gasteiger partial charge is 0.550 e. The predicted molar refractivity (Wildman–Crippen MR) is 123 cm³/mol. The summed E-state index contributed by atoms with van der Waals surface area (Å²) in [4.78, 5) is 31.1. The monoisotopic (exact) mass is 568 g/mol. The van der Waals surface area contributed by atoms with Crippen molar-refractivity contribution in [2.45, 2.75) is 119 Å². The van der Waals surface area contributed by atoms with Crippen molar-refractivity contribution in [2.75, 3.05) is 0 Å². The minimum Gasteiger partial charge on any atom is -0.550 e. The van der Waals surface area contributed by atoms with Gasteiger partial charge in [-0.2, -0.15) is 0 Å². The van der Waals surface area contributed by atoms with Gasteiger partial charge in [-0.1, -0.05) is 80.1 Å². The van der Waals surface area contributed by atoms with Crippen molar-refractivity contribution in [3.63, 3.8) is 0 Å². The average molecular weight is 568 g/mol. The number of carbonyl (C=O) groups is 3. The summed E-state index contributed by atoms with van der Waals surface area (Å²) in [7, 11) is 0. The van der Waals surface area contributed by atoms with Gasteiger partial charge in [0.1, 0.15) is 0 Å². The molecule has 0 spiro atoms. The van der Waals surface area contributed by atoms with Crippen LogP contribution in [0.1, 0.15) is 119 Å². The molecule has 7 heteroatoms. The quantitative estimate of drug-likeness (QED) is 0.301. The van der Waals surface area contributed by atoms with Gasteiger partial charge < -0.3 is 24.9 Å². The first-order valence-corrected chi connectivity index (χ1v) is 11.8. The van der Waals surface area contributed by atoms with Crippen LogP contribution in [-0.2, 0) is 14.4 Å². The second-order valence-electron chi connectivity index (χ2n) is 7.72. The van der Waals surface area contributed by atoms with Gasteiger partial charge in [0, 0.05) is 11.9 Å². The van der Waals surface area contributed by atoms with Gasteiger partial charge in [-0.05, 0) is 50.4 Å². The van der Waals surface area contributed by atoms with Crippen LogP contribution in [0.2, 0.25) is 0 Å². The van der Waals surface area contributed by atoms with Crippen molar-refractivity contribution < 1.29 is 29.7 Å². The van der Waals surface area contributed by atoms with E-state index in [2.05, 4.69) is 20.8 Å². The molecule has 0 saturated carbocycles. The summed E-state index contributed by atoms with van der Waals surface area (Å²) in [6.07, 6.45) is 10.8. The van der Waals surface area contributed by atoms with Crippen LogP contribution in [0.4, 0.5) is 0 Å². The Morgan fingerprint density at radius 2 is 0.871 bits per heavy atom. The molecule has 31 heavy (non-hydrogen) atoms. The average Bonchev–Trinajstić information content (AvgIpc) is 2.70. The fourth-order valence-corrected chi connectivity index (χ4v) is 2.83. The molecule has 0 fully saturated rings. The fourth-order valence-electron chi connectivity index (χ4n) is 2.83. The van der Waals surface area contributed by atoms with Gasteiger partial charge in [-0.3, -0.25) is 4.79 Å². The van der Waals surface area contributed by atoms with Gasteiger partial charge >= 0.3 is 54.9 Å². The topological polar surface area (TPSA) is 118 Å².